The number of carbonyl (C=O) groups excluding carboxylic acids is 2. The predicted octanol–water partition coefficient (Wildman–Crippen LogP) is 1.78. The fourth-order valence-corrected chi connectivity index (χ4v) is 2.82. The van der Waals surface area contributed by atoms with Gasteiger partial charge in [0.15, 0.2) is 5.78 Å². The Hall–Kier alpha value is -1.33. The van der Waals surface area contributed by atoms with Gasteiger partial charge in [-0.2, -0.15) is 0 Å². The smallest absolute Gasteiger partial charge is 0.224 e. The lowest BCUT2D eigenvalue weighted by Crippen LogP contribution is -2.41. The molecule has 0 unspecified atom stereocenters. The van der Waals surface area contributed by atoms with Crippen molar-refractivity contribution in [2.24, 2.45) is 0 Å². The summed E-state index contributed by atoms with van der Waals surface area (Å²) in [7, 11) is 0. The Morgan fingerprint density at radius 3 is 2.57 bits per heavy atom. The zero-order valence-electron chi connectivity index (χ0n) is 12.5. The van der Waals surface area contributed by atoms with Crippen molar-refractivity contribution in [3.8, 4) is 0 Å². The highest BCUT2D eigenvalue weighted by atomic mass is 35.5. The third-order valence-corrected chi connectivity index (χ3v) is 4.15. The quantitative estimate of drug-likeness (QED) is 0.615. The first kappa shape index (κ1) is 16.0. The molecule has 0 bridgehead atoms. The number of hydrogen-bond donors (Lipinski definition) is 0. The molecule has 116 valence electrons. The van der Waals surface area contributed by atoms with E-state index in [0.717, 1.165) is 11.4 Å². The summed E-state index contributed by atoms with van der Waals surface area (Å²) in [6, 6.07) is 1.85. The van der Waals surface area contributed by atoms with Gasteiger partial charge < -0.3 is 14.2 Å². The topological polar surface area (TPSA) is 51.5 Å². The number of hydrogen-bond acceptors (Lipinski definition) is 3. The van der Waals surface area contributed by atoms with Crippen molar-refractivity contribution in [1.82, 2.24) is 9.47 Å². The van der Waals surface area contributed by atoms with Gasteiger partial charge in [0.05, 0.1) is 19.1 Å². The second-order valence-corrected chi connectivity index (χ2v) is 5.50. The summed E-state index contributed by atoms with van der Waals surface area (Å²) in [6.07, 6.45) is 0.435. The number of rotatable bonds is 5. The number of nitrogens with zero attached hydrogens (tertiary/aromatic N) is 2. The molecule has 1 amide bonds. The van der Waals surface area contributed by atoms with Crippen LogP contribution in [0.15, 0.2) is 6.07 Å². The van der Waals surface area contributed by atoms with Crippen LogP contribution in [0.4, 0.5) is 0 Å². The maximum atomic E-state index is 12.2. The molecule has 2 heterocycles. The van der Waals surface area contributed by atoms with E-state index in [-0.39, 0.29) is 17.6 Å². The molecule has 0 aliphatic carbocycles. The van der Waals surface area contributed by atoms with Crippen LogP contribution in [0.5, 0.6) is 0 Å². The normalized spacial score (nSPS) is 15.3. The summed E-state index contributed by atoms with van der Waals surface area (Å²) in [5.41, 5.74) is 2.52. The Labute approximate surface area is 129 Å². The number of ketones is 1. The molecule has 0 spiro atoms. The number of ether oxygens (including phenoxy) is 1. The lowest BCUT2D eigenvalue weighted by atomic mass is 10.2. The lowest BCUT2D eigenvalue weighted by molar-refractivity contribution is -0.135. The molecule has 1 aromatic heterocycles. The second kappa shape index (κ2) is 7.09. The molecular formula is C15H21ClN2O3. The molecule has 21 heavy (non-hydrogen) atoms. The number of halogens is 1. The van der Waals surface area contributed by atoms with E-state index in [9.17, 15) is 9.59 Å². The first-order chi connectivity index (χ1) is 10.0. The van der Waals surface area contributed by atoms with Crippen LogP contribution < -0.4 is 0 Å². The van der Waals surface area contributed by atoms with Crippen molar-refractivity contribution in [2.75, 3.05) is 32.2 Å². The fraction of sp³-hybridized carbons (Fsp3) is 0.600. The minimum Gasteiger partial charge on any atom is -0.378 e. The van der Waals surface area contributed by atoms with Crippen LogP contribution in [0.2, 0.25) is 0 Å². The average Bonchev–Trinajstić information content (AvgIpc) is 2.79. The zero-order valence-corrected chi connectivity index (χ0v) is 13.3. The van der Waals surface area contributed by atoms with Gasteiger partial charge in [0.25, 0.3) is 0 Å². The fourth-order valence-electron chi connectivity index (χ4n) is 2.68. The molecular weight excluding hydrogens is 292 g/mol. The van der Waals surface area contributed by atoms with E-state index in [1.54, 1.807) is 0 Å². The van der Waals surface area contributed by atoms with Gasteiger partial charge in [0, 0.05) is 43.0 Å². The summed E-state index contributed by atoms with van der Waals surface area (Å²) in [4.78, 5) is 25.7. The number of aromatic nitrogens is 1. The van der Waals surface area contributed by atoms with Crippen LogP contribution in [0.1, 0.15) is 28.2 Å². The molecule has 6 heteroatoms. The number of alkyl halides is 1. The van der Waals surface area contributed by atoms with Crippen molar-refractivity contribution < 1.29 is 14.3 Å². The number of aryl methyl sites for hydroxylation is 1. The van der Waals surface area contributed by atoms with Gasteiger partial charge in [-0.15, -0.1) is 11.6 Å². The second-order valence-electron chi connectivity index (χ2n) is 5.24. The van der Waals surface area contributed by atoms with Crippen molar-refractivity contribution in [3.05, 3.63) is 23.0 Å². The molecule has 1 saturated heterocycles. The van der Waals surface area contributed by atoms with E-state index in [0.29, 0.717) is 44.8 Å². The molecule has 0 aromatic carbocycles. The molecule has 0 atom stereocenters. The maximum Gasteiger partial charge on any atom is 0.224 e. The van der Waals surface area contributed by atoms with E-state index < -0.39 is 0 Å². The van der Waals surface area contributed by atoms with E-state index in [2.05, 4.69) is 0 Å². The number of morpholine rings is 1. The minimum atomic E-state index is -0.0736. The molecule has 5 nitrogen and oxygen atoms in total. The van der Waals surface area contributed by atoms with Gasteiger partial charge in [-0.05, 0) is 19.9 Å². The highest BCUT2D eigenvalue weighted by Crippen LogP contribution is 2.17. The summed E-state index contributed by atoms with van der Waals surface area (Å²) in [6.45, 7) is 6.98. The predicted molar refractivity (Wildman–Crippen MR) is 81.0 cm³/mol. The van der Waals surface area contributed by atoms with Gasteiger partial charge >= 0.3 is 0 Å². The van der Waals surface area contributed by atoms with Crippen molar-refractivity contribution in [3.63, 3.8) is 0 Å². The van der Waals surface area contributed by atoms with E-state index in [1.165, 1.54) is 0 Å². The molecule has 1 aliphatic heterocycles. The highest BCUT2D eigenvalue weighted by Gasteiger charge is 2.19. The Kier molecular flexibility index (Phi) is 5.42. The molecule has 1 aliphatic rings. The number of amides is 1. The minimum absolute atomic E-state index is 0.0169. The maximum absolute atomic E-state index is 12.2. The number of carbonyl (C=O) groups is 2. The van der Waals surface area contributed by atoms with Gasteiger partial charge in [-0.25, -0.2) is 0 Å². The summed E-state index contributed by atoms with van der Waals surface area (Å²) >= 11 is 5.62. The zero-order chi connectivity index (χ0) is 15.4. The monoisotopic (exact) mass is 312 g/mol. The Balaban J connectivity index is 2.01. The van der Waals surface area contributed by atoms with Gasteiger partial charge in [-0.3, -0.25) is 9.59 Å². The van der Waals surface area contributed by atoms with Crippen LogP contribution in [0.3, 0.4) is 0 Å². The molecule has 1 aromatic rings. The largest absolute Gasteiger partial charge is 0.378 e. The SMILES string of the molecule is Cc1cc(C(=O)CCl)c(C)n1CCC(=O)N1CCOCC1. The first-order valence-corrected chi connectivity index (χ1v) is 7.69. The van der Waals surface area contributed by atoms with Crippen molar-refractivity contribution in [2.45, 2.75) is 26.8 Å². The molecule has 2 rings (SSSR count). The van der Waals surface area contributed by atoms with Gasteiger partial charge in [-0.1, -0.05) is 0 Å². The van der Waals surface area contributed by atoms with Crippen molar-refractivity contribution in [1.29, 1.82) is 0 Å². The Morgan fingerprint density at radius 2 is 1.95 bits per heavy atom. The third-order valence-electron chi connectivity index (χ3n) is 3.91. The van der Waals surface area contributed by atoms with Crippen LogP contribution in [0, 0.1) is 13.8 Å². The van der Waals surface area contributed by atoms with Crippen LogP contribution in [-0.4, -0.2) is 53.3 Å². The summed E-state index contributed by atoms with van der Waals surface area (Å²) in [5.74, 6) is 0.0447. The average molecular weight is 313 g/mol. The van der Waals surface area contributed by atoms with Crippen LogP contribution >= 0.6 is 11.6 Å². The standard InChI is InChI=1S/C15H21ClN2O3/c1-11-9-13(14(19)10-16)12(2)18(11)4-3-15(20)17-5-7-21-8-6-17/h9H,3-8,10H2,1-2H3. The lowest BCUT2D eigenvalue weighted by Gasteiger charge is -2.27. The van der Waals surface area contributed by atoms with Crippen LogP contribution in [0.25, 0.3) is 0 Å². The van der Waals surface area contributed by atoms with E-state index >= 15 is 0 Å². The highest BCUT2D eigenvalue weighted by molar-refractivity contribution is 6.30. The third kappa shape index (κ3) is 3.66. The molecule has 0 N–H and O–H groups in total. The summed E-state index contributed by atoms with van der Waals surface area (Å²) in [5, 5.41) is 0. The van der Waals surface area contributed by atoms with E-state index in [1.807, 2.05) is 29.4 Å². The van der Waals surface area contributed by atoms with Gasteiger partial charge in [0.2, 0.25) is 5.91 Å². The first-order valence-electron chi connectivity index (χ1n) is 7.16. The van der Waals surface area contributed by atoms with Crippen molar-refractivity contribution >= 4 is 23.3 Å². The summed E-state index contributed by atoms with van der Waals surface area (Å²) < 4.78 is 7.26. The van der Waals surface area contributed by atoms with Crippen LogP contribution in [-0.2, 0) is 16.1 Å². The number of Topliss-reactive ketones (excluding diaryl/α,β-unsaturated/α-hetero) is 1. The Morgan fingerprint density at radius 1 is 1.29 bits per heavy atom. The van der Waals surface area contributed by atoms with E-state index in [4.69, 9.17) is 16.3 Å². The molecule has 1 fully saturated rings. The molecule has 0 saturated carbocycles. The Bertz CT molecular complexity index is 533. The van der Waals surface area contributed by atoms with Gasteiger partial charge in [0.1, 0.15) is 0 Å². The molecule has 0 radical (unpaired) electrons.